The first-order valence-electron chi connectivity index (χ1n) is 9.42. The van der Waals surface area contributed by atoms with Gasteiger partial charge < -0.3 is 15.4 Å². The second-order valence-electron chi connectivity index (χ2n) is 6.65. The number of anilines is 2. The fourth-order valence-electron chi connectivity index (χ4n) is 2.71. The first kappa shape index (κ1) is 21.9. The van der Waals surface area contributed by atoms with Crippen LogP contribution >= 0.6 is 11.3 Å². The molecule has 0 saturated heterocycles. The van der Waals surface area contributed by atoms with E-state index in [0.29, 0.717) is 21.8 Å². The molecule has 0 aliphatic heterocycles. The van der Waals surface area contributed by atoms with Crippen molar-refractivity contribution in [3.8, 4) is 0 Å². The number of amides is 2. The maximum atomic E-state index is 12.4. The zero-order valence-electron chi connectivity index (χ0n) is 16.9. The van der Waals surface area contributed by atoms with Crippen LogP contribution < -0.4 is 10.6 Å². The highest BCUT2D eigenvalue weighted by molar-refractivity contribution is 7.12. The molecule has 3 rings (SSSR count). The Hall–Kier alpha value is -3.78. The van der Waals surface area contributed by atoms with Crippen LogP contribution in [0.5, 0.6) is 0 Å². The average Bonchev–Trinajstić information content (AvgIpc) is 3.29. The van der Waals surface area contributed by atoms with Crippen LogP contribution in [0.3, 0.4) is 0 Å². The number of carbonyl (C=O) groups is 4. The van der Waals surface area contributed by atoms with Gasteiger partial charge in [-0.2, -0.15) is 0 Å². The average molecular weight is 436 g/mol. The zero-order valence-corrected chi connectivity index (χ0v) is 17.7. The van der Waals surface area contributed by atoms with Crippen LogP contribution in [-0.2, 0) is 9.53 Å². The Balaban J connectivity index is 1.58. The van der Waals surface area contributed by atoms with Gasteiger partial charge in [0.15, 0.2) is 11.9 Å². The number of nitrogens with one attached hydrogen (secondary N) is 2. The van der Waals surface area contributed by atoms with Crippen LogP contribution in [0.15, 0.2) is 66.0 Å². The molecule has 8 heteroatoms. The maximum absolute atomic E-state index is 12.4. The van der Waals surface area contributed by atoms with E-state index in [1.807, 2.05) is 5.38 Å². The number of esters is 1. The number of benzene rings is 2. The van der Waals surface area contributed by atoms with E-state index < -0.39 is 18.0 Å². The van der Waals surface area contributed by atoms with Crippen LogP contribution in [0, 0.1) is 0 Å². The molecule has 0 spiro atoms. The molecule has 7 nitrogen and oxygen atoms in total. The smallest absolute Gasteiger partial charge is 0.338 e. The molecule has 3 aromatic rings. The fourth-order valence-corrected chi connectivity index (χ4v) is 3.32. The number of thiophene rings is 1. The molecular weight excluding hydrogens is 416 g/mol. The Kier molecular flexibility index (Phi) is 6.94. The van der Waals surface area contributed by atoms with E-state index in [1.165, 1.54) is 37.3 Å². The summed E-state index contributed by atoms with van der Waals surface area (Å²) in [4.78, 5) is 49.1. The zero-order chi connectivity index (χ0) is 22.4. The summed E-state index contributed by atoms with van der Waals surface area (Å²) in [7, 11) is 0. The van der Waals surface area contributed by atoms with Crippen molar-refractivity contribution < 1.29 is 23.9 Å². The van der Waals surface area contributed by atoms with E-state index >= 15 is 0 Å². The van der Waals surface area contributed by atoms with Crippen LogP contribution in [0.2, 0.25) is 0 Å². The number of rotatable bonds is 7. The van der Waals surface area contributed by atoms with Gasteiger partial charge in [-0.15, -0.1) is 11.3 Å². The summed E-state index contributed by atoms with van der Waals surface area (Å²) in [5.74, 6) is -1.66. The molecule has 0 bridgehead atoms. The van der Waals surface area contributed by atoms with Crippen molar-refractivity contribution in [3.63, 3.8) is 0 Å². The molecule has 1 heterocycles. The van der Waals surface area contributed by atoms with Crippen molar-refractivity contribution in [2.24, 2.45) is 0 Å². The molecule has 1 unspecified atom stereocenters. The molecule has 0 aliphatic rings. The third kappa shape index (κ3) is 5.64. The summed E-state index contributed by atoms with van der Waals surface area (Å²) >= 11 is 1.33. The first-order valence-corrected chi connectivity index (χ1v) is 10.3. The molecule has 31 heavy (non-hydrogen) atoms. The summed E-state index contributed by atoms with van der Waals surface area (Å²) in [5.41, 5.74) is 1.49. The van der Waals surface area contributed by atoms with E-state index in [-0.39, 0.29) is 17.3 Å². The van der Waals surface area contributed by atoms with E-state index in [9.17, 15) is 19.2 Å². The number of hydrogen-bond donors (Lipinski definition) is 2. The second-order valence-corrected chi connectivity index (χ2v) is 7.60. The van der Waals surface area contributed by atoms with Crippen molar-refractivity contribution in [2.75, 3.05) is 10.6 Å². The summed E-state index contributed by atoms with van der Waals surface area (Å²) in [6, 6.07) is 16.3. The Morgan fingerprint density at radius 3 is 2.26 bits per heavy atom. The van der Waals surface area contributed by atoms with Crippen molar-refractivity contribution in [1.29, 1.82) is 0 Å². The molecule has 1 atom stereocenters. The van der Waals surface area contributed by atoms with E-state index in [2.05, 4.69) is 10.6 Å². The fraction of sp³-hybridized carbons (Fsp3) is 0.130. The van der Waals surface area contributed by atoms with Gasteiger partial charge in [-0.25, -0.2) is 4.79 Å². The normalized spacial score (nSPS) is 11.3. The molecule has 2 N–H and O–H groups in total. The lowest BCUT2D eigenvalue weighted by Gasteiger charge is -2.15. The molecule has 1 aromatic heterocycles. The number of Topliss-reactive ketones (excluding diaryl/α,β-unsaturated/α-hetero) is 1. The Bertz CT molecular complexity index is 1110. The summed E-state index contributed by atoms with van der Waals surface area (Å²) in [6.07, 6.45) is -1.08. The van der Waals surface area contributed by atoms with Crippen molar-refractivity contribution >= 4 is 46.3 Å². The number of carbonyl (C=O) groups excluding carboxylic acids is 4. The highest BCUT2D eigenvalue weighted by Gasteiger charge is 2.20. The lowest BCUT2D eigenvalue weighted by Crippen LogP contribution is -2.30. The van der Waals surface area contributed by atoms with Gasteiger partial charge in [0.2, 0.25) is 0 Å². The molecule has 0 aliphatic carbocycles. The standard InChI is InChI=1S/C23H20N2O5S/c1-14(26)18-6-3-4-7-19(18)25-21(27)15(2)30-23(29)16-9-11-17(12-10-16)24-22(28)20-8-5-13-31-20/h3-13,15H,1-2H3,(H,24,28)(H,25,27). The minimum Gasteiger partial charge on any atom is -0.449 e. The number of para-hydroxylation sites is 1. The third-order valence-electron chi connectivity index (χ3n) is 4.34. The Labute approximate surface area is 183 Å². The van der Waals surface area contributed by atoms with Gasteiger partial charge in [-0.1, -0.05) is 18.2 Å². The van der Waals surface area contributed by atoms with E-state index in [4.69, 9.17) is 4.74 Å². The van der Waals surface area contributed by atoms with Gasteiger partial charge in [-0.05, 0) is 61.7 Å². The van der Waals surface area contributed by atoms with E-state index in [0.717, 1.165) is 0 Å². The first-order chi connectivity index (χ1) is 14.8. The van der Waals surface area contributed by atoms with E-state index in [1.54, 1.807) is 48.5 Å². The molecule has 0 fully saturated rings. The van der Waals surface area contributed by atoms with Gasteiger partial charge in [0.05, 0.1) is 16.1 Å². The number of ketones is 1. The quantitative estimate of drug-likeness (QED) is 0.423. The predicted octanol–water partition coefficient (Wildman–Crippen LogP) is 4.39. The van der Waals surface area contributed by atoms with Crippen molar-refractivity contribution in [2.45, 2.75) is 20.0 Å². The van der Waals surface area contributed by atoms with Gasteiger partial charge in [0, 0.05) is 11.3 Å². The van der Waals surface area contributed by atoms with Crippen molar-refractivity contribution in [3.05, 3.63) is 82.0 Å². The minimum absolute atomic E-state index is 0.188. The van der Waals surface area contributed by atoms with Crippen molar-refractivity contribution in [1.82, 2.24) is 0 Å². The highest BCUT2D eigenvalue weighted by atomic mass is 32.1. The van der Waals surface area contributed by atoms with Gasteiger partial charge in [-0.3, -0.25) is 14.4 Å². The van der Waals surface area contributed by atoms with Gasteiger partial charge in [0.1, 0.15) is 0 Å². The molecular formula is C23H20N2O5S. The third-order valence-corrected chi connectivity index (χ3v) is 5.21. The molecule has 2 aromatic carbocycles. The SMILES string of the molecule is CC(=O)c1ccccc1NC(=O)C(C)OC(=O)c1ccc(NC(=O)c2cccs2)cc1. The summed E-state index contributed by atoms with van der Waals surface area (Å²) in [6.45, 7) is 2.85. The van der Waals surface area contributed by atoms with Crippen LogP contribution in [-0.4, -0.2) is 29.7 Å². The molecule has 158 valence electrons. The predicted molar refractivity (Wildman–Crippen MR) is 119 cm³/mol. The minimum atomic E-state index is -1.08. The molecule has 0 radical (unpaired) electrons. The van der Waals surface area contributed by atoms with Gasteiger partial charge in [0.25, 0.3) is 11.8 Å². The van der Waals surface area contributed by atoms with Crippen LogP contribution in [0.4, 0.5) is 11.4 Å². The Morgan fingerprint density at radius 2 is 1.61 bits per heavy atom. The molecule has 0 saturated carbocycles. The highest BCUT2D eigenvalue weighted by Crippen LogP contribution is 2.17. The van der Waals surface area contributed by atoms with Gasteiger partial charge >= 0.3 is 5.97 Å². The summed E-state index contributed by atoms with van der Waals surface area (Å²) in [5, 5.41) is 7.16. The largest absolute Gasteiger partial charge is 0.449 e. The number of hydrogen-bond acceptors (Lipinski definition) is 6. The monoisotopic (exact) mass is 436 g/mol. The lowest BCUT2D eigenvalue weighted by molar-refractivity contribution is -0.123. The number of ether oxygens (including phenoxy) is 1. The summed E-state index contributed by atoms with van der Waals surface area (Å²) < 4.78 is 5.23. The maximum Gasteiger partial charge on any atom is 0.338 e. The lowest BCUT2D eigenvalue weighted by atomic mass is 10.1. The van der Waals surface area contributed by atoms with Crippen LogP contribution in [0.25, 0.3) is 0 Å². The second kappa shape index (κ2) is 9.82. The van der Waals surface area contributed by atoms with Crippen LogP contribution in [0.1, 0.15) is 44.2 Å². The topological polar surface area (TPSA) is 102 Å². The molecule has 2 amide bonds. The Morgan fingerprint density at radius 1 is 0.903 bits per heavy atom.